The number of hydrogen-bond acceptors (Lipinski definition) is 5. The van der Waals surface area contributed by atoms with Crippen molar-refractivity contribution < 1.29 is 24.5 Å². The van der Waals surface area contributed by atoms with Crippen LogP contribution in [0.4, 0.5) is 10.5 Å². The van der Waals surface area contributed by atoms with Gasteiger partial charge in [-0.05, 0) is 39.0 Å². The fourth-order valence-electron chi connectivity index (χ4n) is 2.02. The monoisotopic (exact) mass is 333 g/mol. The molecule has 0 spiro atoms. The molecule has 0 aliphatic carbocycles. The molecule has 24 heavy (non-hydrogen) atoms. The minimum Gasteiger partial charge on any atom is -0.506 e. The molecule has 0 saturated carbocycles. The van der Waals surface area contributed by atoms with Crippen LogP contribution in [-0.2, 0) is 11.8 Å². The van der Waals surface area contributed by atoms with E-state index >= 15 is 0 Å². The number of benzene rings is 1. The van der Waals surface area contributed by atoms with E-state index in [1.165, 1.54) is 29.9 Å². The number of aromatic nitrogens is 2. The fourth-order valence-corrected chi connectivity index (χ4v) is 2.02. The number of aryl methyl sites for hydroxylation is 1. The largest absolute Gasteiger partial charge is 0.506 e. The van der Waals surface area contributed by atoms with E-state index in [-0.39, 0.29) is 17.1 Å². The van der Waals surface area contributed by atoms with E-state index in [9.17, 15) is 14.7 Å². The van der Waals surface area contributed by atoms with E-state index in [0.29, 0.717) is 11.3 Å². The van der Waals surface area contributed by atoms with Gasteiger partial charge < -0.3 is 14.9 Å². The highest BCUT2D eigenvalue weighted by atomic mass is 16.6. The first kappa shape index (κ1) is 17.3. The van der Waals surface area contributed by atoms with Crippen molar-refractivity contribution in [3.63, 3.8) is 0 Å². The number of aromatic hydroxyl groups is 1. The zero-order valence-corrected chi connectivity index (χ0v) is 13.8. The van der Waals surface area contributed by atoms with E-state index in [0.717, 1.165) is 0 Å². The average Bonchev–Trinajstić information content (AvgIpc) is 2.81. The van der Waals surface area contributed by atoms with Crippen LogP contribution in [-0.4, -0.2) is 37.7 Å². The van der Waals surface area contributed by atoms with Crippen LogP contribution in [0, 0.1) is 0 Å². The van der Waals surface area contributed by atoms with Crippen LogP contribution in [0.25, 0.3) is 11.3 Å². The van der Waals surface area contributed by atoms with Crippen molar-refractivity contribution in [3.8, 4) is 17.0 Å². The average molecular weight is 333 g/mol. The van der Waals surface area contributed by atoms with Crippen LogP contribution in [0.1, 0.15) is 31.3 Å². The summed E-state index contributed by atoms with van der Waals surface area (Å²) in [6, 6.07) is 5.89. The Morgan fingerprint density at radius 2 is 1.92 bits per heavy atom. The summed E-state index contributed by atoms with van der Waals surface area (Å²) in [5, 5.41) is 25.7. The van der Waals surface area contributed by atoms with Crippen molar-refractivity contribution in [3.05, 3.63) is 30.0 Å². The molecular weight excluding hydrogens is 314 g/mol. The number of nitrogens with zero attached hydrogens (tertiary/aromatic N) is 2. The Hall–Kier alpha value is -3.03. The van der Waals surface area contributed by atoms with Crippen molar-refractivity contribution in [1.82, 2.24) is 9.78 Å². The molecule has 2 rings (SSSR count). The topological polar surface area (TPSA) is 114 Å². The van der Waals surface area contributed by atoms with Crippen molar-refractivity contribution >= 4 is 17.7 Å². The van der Waals surface area contributed by atoms with Gasteiger partial charge in [0.05, 0.1) is 11.4 Å². The summed E-state index contributed by atoms with van der Waals surface area (Å²) in [5.74, 6) is -1.27. The van der Waals surface area contributed by atoms with E-state index in [4.69, 9.17) is 9.84 Å². The molecule has 1 aromatic heterocycles. The Bertz CT molecular complexity index is 789. The van der Waals surface area contributed by atoms with Crippen molar-refractivity contribution in [2.45, 2.75) is 26.4 Å². The van der Waals surface area contributed by atoms with Gasteiger partial charge >= 0.3 is 12.1 Å². The molecule has 1 aromatic carbocycles. The number of ether oxygens (including phenoxy) is 1. The smallest absolute Gasteiger partial charge is 0.412 e. The number of phenolic OH excluding ortho intramolecular Hbond substituents is 1. The van der Waals surface area contributed by atoms with Gasteiger partial charge in [0.15, 0.2) is 0 Å². The lowest BCUT2D eigenvalue weighted by molar-refractivity contribution is 0.0633. The minimum absolute atomic E-state index is 0.0282. The predicted molar refractivity (Wildman–Crippen MR) is 87.1 cm³/mol. The summed E-state index contributed by atoms with van der Waals surface area (Å²) >= 11 is 0. The third kappa shape index (κ3) is 4.03. The number of nitrogens with one attached hydrogen (secondary N) is 1. The Kier molecular flexibility index (Phi) is 4.50. The number of carboxylic acid groups (broad SMARTS) is 1. The minimum atomic E-state index is -1.09. The normalized spacial score (nSPS) is 11.2. The quantitative estimate of drug-likeness (QED) is 0.744. The SMILES string of the molecule is Cn1nc(-c2ccc(NC(=O)OC(C)(C)C)c(O)c2)cc1C(=O)O. The number of hydrogen-bond donors (Lipinski definition) is 3. The lowest BCUT2D eigenvalue weighted by Crippen LogP contribution is -2.27. The van der Waals surface area contributed by atoms with Gasteiger partial charge in [-0.15, -0.1) is 0 Å². The van der Waals surface area contributed by atoms with Gasteiger partial charge in [-0.2, -0.15) is 5.10 Å². The molecule has 3 N–H and O–H groups in total. The Labute approximate surface area is 138 Å². The van der Waals surface area contributed by atoms with Gasteiger partial charge in [0.2, 0.25) is 0 Å². The second-order valence-electron chi connectivity index (χ2n) is 6.20. The maximum atomic E-state index is 11.7. The zero-order chi connectivity index (χ0) is 18.1. The Balaban J connectivity index is 2.22. The molecular formula is C16H19N3O5. The van der Waals surface area contributed by atoms with E-state index in [2.05, 4.69) is 10.4 Å². The molecule has 1 heterocycles. The van der Waals surface area contributed by atoms with Crippen LogP contribution in [0.5, 0.6) is 5.75 Å². The summed E-state index contributed by atoms with van der Waals surface area (Å²) in [4.78, 5) is 22.8. The van der Waals surface area contributed by atoms with Gasteiger partial charge in [-0.3, -0.25) is 10.00 Å². The molecule has 0 unspecified atom stereocenters. The first-order valence-electron chi connectivity index (χ1n) is 7.17. The predicted octanol–water partition coefficient (Wildman–Crippen LogP) is 2.84. The molecule has 0 bridgehead atoms. The second kappa shape index (κ2) is 6.23. The highest BCUT2D eigenvalue weighted by Crippen LogP contribution is 2.30. The summed E-state index contributed by atoms with van der Waals surface area (Å²) < 4.78 is 6.35. The summed E-state index contributed by atoms with van der Waals surface area (Å²) in [7, 11) is 1.52. The molecule has 128 valence electrons. The standard InChI is InChI=1S/C16H19N3O5/c1-16(2,3)24-15(23)17-10-6-5-9(7-13(10)20)11-8-12(14(21)22)19(4)18-11/h5-8,20H,1-4H3,(H,17,23)(H,21,22). The Morgan fingerprint density at radius 3 is 2.42 bits per heavy atom. The van der Waals surface area contributed by atoms with Gasteiger partial charge in [0.25, 0.3) is 0 Å². The van der Waals surface area contributed by atoms with Crippen molar-refractivity contribution in [1.29, 1.82) is 0 Å². The molecule has 0 aliphatic rings. The first-order chi connectivity index (χ1) is 11.1. The lowest BCUT2D eigenvalue weighted by atomic mass is 10.1. The summed E-state index contributed by atoms with van der Waals surface area (Å²) in [6.45, 7) is 5.20. The maximum Gasteiger partial charge on any atom is 0.412 e. The molecule has 0 radical (unpaired) electrons. The first-order valence-corrected chi connectivity index (χ1v) is 7.17. The maximum absolute atomic E-state index is 11.7. The third-order valence-corrected chi connectivity index (χ3v) is 3.03. The number of amides is 1. The molecule has 0 saturated heterocycles. The summed E-state index contributed by atoms with van der Waals surface area (Å²) in [6.07, 6.45) is -0.684. The van der Waals surface area contributed by atoms with Gasteiger partial charge in [-0.1, -0.05) is 6.07 Å². The molecule has 8 nitrogen and oxygen atoms in total. The van der Waals surface area contributed by atoms with Gasteiger partial charge in [0.1, 0.15) is 17.0 Å². The second-order valence-corrected chi connectivity index (χ2v) is 6.20. The number of rotatable bonds is 3. The number of anilines is 1. The number of carboxylic acids is 1. The van der Waals surface area contributed by atoms with Crippen LogP contribution in [0.2, 0.25) is 0 Å². The molecule has 0 atom stereocenters. The van der Waals surface area contributed by atoms with E-state index < -0.39 is 17.7 Å². The number of phenols is 1. The molecule has 8 heteroatoms. The van der Waals surface area contributed by atoms with Crippen LogP contribution in [0.15, 0.2) is 24.3 Å². The third-order valence-electron chi connectivity index (χ3n) is 3.03. The fraction of sp³-hybridized carbons (Fsp3) is 0.312. The number of carbonyl (C=O) groups is 2. The van der Waals surface area contributed by atoms with Crippen LogP contribution < -0.4 is 5.32 Å². The summed E-state index contributed by atoms with van der Waals surface area (Å²) in [5.41, 5.74) is 0.475. The van der Waals surface area contributed by atoms with E-state index in [1.54, 1.807) is 26.8 Å². The Morgan fingerprint density at radius 1 is 1.25 bits per heavy atom. The number of aromatic carboxylic acids is 1. The van der Waals surface area contributed by atoms with Gasteiger partial charge in [0, 0.05) is 12.6 Å². The highest BCUT2D eigenvalue weighted by Gasteiger charge is 2.18. The lowest BCUT2D eigenvalue weighted by Gasteiger charge is -2.20. The molecule has 1 amide bonds. The molecule has 0 fully saturated rings. The number of carbonyl (C=O) groups excluding carboxylic acids is 1. The highest BCUT2D eigenvalue weighted by molar-refractivity contribution is 5.89. The molecule has 2 aromatic rings. The zero-order valence-electron chi connectivity index (χ0n) is 13.8. The van der Waals surface area contributed by atoms with E-state index in [1.807, 2.05) is 0 Å². The van der Waals surface area contributed by atoms with Crippen molar-refractivity contribution in [2.24, 2.45) is 7.05 Å². The molecule has 0 aliphatic heterocycles. The van der Waals surface area contributed by atoms with Gasteiger partial charge in [-0.25, -0.2) is 9.59 Å². The van der Waals surface area contributed by atoms with Crippen LogP contribution >= 0.6 is 0 Å². The van der Waals surface area contributed by atoms with Crippen molar-refractivity contribution in [2.75, 3.05) is 5.32 Å². The van der Waals surface area contributed by atoms with Crippen LogP contribution in [0.3, 0.4) is 0 Å².